The number of alkyl halides is 1. The van der Waals surface area contributed by atoms with Crippen LogP contribution in [-0.2, 0) is 69.3 Å². The van der Waals surface area contributed by atoms with E-state index in [1.165, 1.54) is 77.0 Å². The summed E-state index contributed by atoms with van der Waals surface area (Å²) in [5, 5.41) is 0. The predicted octanol–water partition coefficient (Wildman–Crippen LogP) is 23.2. The summed E-state index contributed by atoms with van der Waals surface area (Å²) in [7, 11) is 3.58. The Morgan fingerprint density at radius 1 is 0.373 bits per heavy atom. The molecule has 4 bridgehead atoms. The summed E-state index contributed by atoms with van der Waals surface area (Å²) in [6.45, 7) is 13.3. The summed E-state index contributed by atoms with van der Waals surface area (Å²) in [4.78, 5) is 42.9. The van der Waals surface area contributed by atoms with Crippen LogP contribution < -0.4 is 9.47 Å². The van der Waals surface area contributed by atoms with Gasteiger partial charge in [-0.2, -0.15) is 0 Å². The zero-order valence-electron chi connectivity index (χ0n) is 64.5. The van der Waals surface area contributed by atoms with Crippen molar-refractivity contribution < 1.29 is 32.9 Å². The topological polar surface area (TPSA) is 74.3 Å². The molecule has 4 fully saturated rings. The number of carbonyl (C=O) groups is 2. The molecule has 0 atom stereocenters. The molecule has 12 aromatic carbocycles. The van der Waals surface area contributed by atoms with Crippen LogP contribution in [0.5, 0.6) is 11.5 Å². The summed E-state index contributed by atoms with van der Waals surface area (Å²) in [5.74, 6) is 3.12. The minimum Gasteiger partial charge on any atom is -0.493 e. The Morgan fingerprint density at radius 3 is 1.03 bits per heavy atom. The Labute approximate surface area is 664 Å². The van der Waals surface area contributed by atoms with Crippen LogP contribution in [0.25, 0.3) is 0 Å². The van der Waals surface area contributed by atoms with E-state index in [1.54, 1.807) is 0 Å². The van der Waals surface area contributed by atoms with Crippen LogP contribution in [0.4, 0.5) is 4.39 Å². The number of rotatable bonds is 24. The molecule has 4 saturated carbocycles. The Hall–Kier alpha value is -9.53. The lowest BCUT2D eigenvalue weighted by molar-refractivity contribution is -0.207. The maximum Gasteiger partial charge on any atom is 0.344 e. The average molecular weight is 1540 g/mol. The van der Waals surface area contributed by atoms with Crippen LogP contribution in [0.15, 0.2) is 374 Å². The minimum absolute atomic E-state index is 0.0249. The number of hydrogen-bond acceptors (Lipinski definition) is 7. The van der Waals surface area contributed by atoms with E-state index in [0.29, 0.717) is 17.6 Å². The first-order valence-electron chi connectivity index (χ1n) is 38.2. The van der Waals surface area contributed by atoms with Gasteiger partial charge in [-0.15, -0.1) is 0 Å². The van der Waals surface area contributed by atoms with Crippen molar-refractivity contribution >= 4 is 55.5 Å². The fourth-order valence-corrected chi connectivity index (χ4v) is 24.4. The Balaban J connectivity index is 0.000000143. The second-order valence-corrected chi connectivity index (χ2v) is 37.1. The number of nitrogens with zero attached hydrogens (tertiary/aromatic N) is 1. The first-order valence-corrected chi connectivity index (χ1v) is 43.1. The highest BCUT2D eigenvalue weighted by Gasteiger charge is 2.57. The predicted molar refractivity (Wildman–Crippen MR) is 451 cm³/mol. The second kappa shape index (κ2) is 39.4. The number of ether oxygens (including phenoxy) is 4. The maximum absolute atomic E-state index is 13.0. The van der Waals surface area contributed by atoms with Crippen molar-refractivity contribution in [2.24, 2.45) is 23.7 Å². The van der Waals surface area contributed by atoms with Crippen LogP contribution in [-0.4, -0.2) is 62.9 Å². The van der Waals surface area contributed by atoms with Gasteiger partial charge in [0.15, 0.2) is 72.0 Å². The highest BCUT2D eigenvalue weighted by Crippen LogP contribution is 2.59. The molecule has 4 aliphatic carbocycles. The van der Waals surface area contributed by atoms with E-state index in [1.807, 2.05) is 56.3 Å². The third kappa shape index (κ3) is 21.1. The number of esters is 2. The monoisotopic (exact) mass is 1540 g/mol. The standard InChI is InChI=1S/C35H39O5S.C25H30NOS.C19H16FS.C19H17S/c1-23-14-31(41(29-10-6-4-7-11-29)30-12-8-5-9-13-30)15-24(2)34(23)39-21-32(36)38-22-33(37)40-35(3)27-17-25-16-26(19-27)20-28(35)18-25;1-20-18-24(19-21(2)25(20)27-17-11-16-26(3)4)28(22-12-7-5-8-13-22)23-14-9-6-10-15-23;20-15-16-8-7-13-19(14-16)21(17-9-3-1-4-10-17)18-11-5-2-6-12-18;1-16-9-8-14-19(15-16)20(17-10-4-2-5-11-17)18-12-6-3-7-13-18/h4-15,25-28H,16-22H2,1-3H3;5-10,12-15,18-19H,11,16-17H2,1-4H3;1-14H,15H2;2-15H,1H3/q4*+1. The van der Waals surface area contributed by atoms with Crippen molar-refractivity contribution in [2.45, 2.75) is 151 Å². The van der Waals surface area contributed by atoms with E-state index < -0.39 is 24.2 Å². The first-order chi connectivity index (χ1) is 53.6. The molecule has 12 heteroatoms. The summed E-state index contributed by atoms with van der Waals surface area (Å²) >= 11 is 0. The number of carbonyl (C=O) groups excluding carboxylic acids is 2. The molecular formula is C98H102FNO6S4+4. The highest BCUT2D eigenvalue weighted by atomic mass is 32.2. The van der Waals surface area contributed by atoms with Crippen LogP contribution in [0, 0.1) is 58.3 Å². The fourth-order valence-electron chi connectivity index (χ4n) is 15.5. The van der Waals surface area contributed by atoms with Crippen LogP contribution >= 0.6 is 0 Å². The van der Waals surface area contributed by atoms with Gasteiger partial charge in [0.25, 0.3) is 0 Å². The van der Waals surface area contributed by atoms with Gasteiger partial charge in [0.2, 0.25) is 0 Å². The molecule has 0 heterocycles. The normalized spacial score (nSPS) is 16.6. The number of benzene rings is 12. The molecule has 16 rings (SSSR count). The van der Waals surface area contributed by atoms with Crippen molar-refractivity contribution in [3.63, 3.8) is 0 Å². The number of hydrogen-bond donors (Lipinski definition) is 0. The summed E-state index contributed by atoms with van der Waals surface area (Å²) in [5.41, 5.74) is 5.94. The van der Waals surface area contributed by atoms with Gasteiger partial charge in [0, 0.05) is 30.8 Å². The van der Waals surface area contributed by atoms with Gasteiger partial charge < -0.3 is 23.8 Å². The summed E-state index contributed by atoms with van der Waals surface area (Å²) in [6.07, 6.45) is 6.99. The Morgan fingerprint density at radius 2 is 0.691 bits per heavy atom. The molecule has 0 unspecified atom stereocenters. The molecule has 0 radical (unpaired) electrons. The van der Waals surface area contributed by atoms with Gasteiger partial charge in [-0.1, -0.05) is 170 Å². The van der Waals surface area contributed by atoms with E-state index in [2.05, 4.69) is 320 Å². The third-order valence-electron chi connectivity index (χ3n) is 20.5. The molecule has 110 heavy (non-hydrogen) atoms. The van der Waals surface area contributed by atoms with Crippen molar-refractivity contribution in [3.8, 4) is 11.5 Å². The van der Waals surface area contributed by atoms with Gasteiger partial charge in [0.1, 0.15) is 23.8 Å². The van der Waals surface area contributed by atoms with E-state index in [4.69, 9.17) is 18.9 Å². The minimum atomic E-state index is -0.576. The van der Waals surface area contributed by atoms with Crippen molar-refractivity contribution in [1.82, 2.24) is 4.90 Å². The molecule has 0 N–H and O–H groups in total. The first kappa shape index (κ1) is 80.0. The molecule has 7 nitrogen and oxygen atoms in total. The number of halogens is 1. The van der Waals surface area contributed by atoms with Crippen LogP contribution in [0.2, 0.25) is 0 Å². The van der Waals surface area contributed by atoms with Gasteiger partial charge >= 0.3 is 11.9 Å². The van der Waals surface area contributed by atoms with Crippen LogP contribution in [0.3, 0.4) is 0 Å². The molecule has 4 aliphatic rings. The summed E-state index contributed by atoms with van der Waals surface area (Å²) < 4.78 is 36.4. The second-order valence-electron chi connectivity index (χ2n) is 29.0. The van der Waals surface area contributed by atoms with Gasteiger partial charge in [-0.3, -0.25) is 0 Å². The molecule has 0 saturated heterocycles. The van der Waals surface area contributed by atoms with Crippen molar-refractivity contribution in [1.29, 1.82) is 0 Å². The molecule has 0 spiro atoms. The number of aryl methyl sites for hydroxylation is 5. The molecule has 12 aromatic rings. The quantitative estimate of drug-likeness (QED) is 0.0339. The van der Waals surface area contributed by atoms with E-state index >= 15 is 0 Å². The van der Waals surface area contributed by atoms with Gasteiger partial charge in [0.05, 0.1) is 50.2 Å². The molecule has 0 amide bonds. The van der Waals surface area contributed by atoms with E-state index in [-0.39, 0.29) is 56.8 Å². The van der Waals surface area contributed by atoms with Gasteiger partial charge in [-0.25, -0.2) is 14.0 Å². The third-order valence-corrected chi connectivity index (χ3v) is 29.3. The lowest BCUT2D eigenvalue weighted by atomic mass is 9.50. The molecule has 562 valence electrons. The maximum atomic E-state index is 13.0. The largest absolute Gasteiger partial charge is 0.493 e. The fraction of sp³-hybridized carbons (Fsp3) is 0.245. The smallest absolute Gasteiger partial charge is 0.344 e. The van der Waals surface area contributed by atoms with Crippen LogP contribution in [0.1, 0.15) is 78.8 Å². The zero-order valence-corrected chi connectivity index (χ0v) is 67.8. The van der Waals surface area contributed by atoms with E-state index in [0.717, 1.165) is 84.4 Å². The molecule has 0 aromatic heterocycles. The zero-order chi connectivity index (χ0) is 76.8. The molecular weight excluding hydrogens is 1430 g/mol. The summed E-state index contributed by atoms with van der Waals surface area (Å²) in [6, 6.07) is 110. The Bertz CT molecular complexity index is 4640. The van der Waals surface area contributed by atoms with Gasteiger partial charge in [-0.05, 0) is 273 Å². The van der Waals surface area contributed by atoms with E-state index in [9.17, 15) is 14.0 Å². The lowest BCUT2D eigenvalue weighted by Gasteiger charge is -2.59. The highest BCUT2D eigenvalue weighted by molar-refractivity contribution is 7.98. The van der Waals surface area contributed by atoms with Crippen molar-refractivity contribution in [3.05, 3.63) is 349 Å². The SMILES string of the molecule is Cc1cc([S+](c2ccccc2)c2ccccc2)cc(C)c1OCC(=O)OCC(=O)OC1(C)C2CC3CC(C2)CC1C3.Cc1cc([S+](c2ccccc2)c2ccccc2)cc(C)c1OCCCN(C)C.Cc1cccc([S+](c2ccccc2)c2ccccc2)c1.FCc1cccc([S+](c2ccccc2)c2ccccc2)c1. The van der Waals surface area contributed by atoms with Crippen molar-refractivity contribution in [2.75, 3.05) is 40.5 Å². The Kier molecular flexibility index (Phi) is 28.7. The lowest BCUT2D eigenvalue weighted by Crippen LogP contribution is -2.58. The molecule has 0 aliphatic heterocycles. The average Bonchev–Trinajstić information content (AvgIpc) is 0.665.